The molecule has 0 spiro atoms. The number of H-pyrrole nitrogens is 1. The van der Waals surface area contributed by atoms with Crippen LogP contribution in [0.15, 0.2) is 35.5 Å². The molecule has 7 nitrogen and oxygen atoms in total. The zero-order valence-electron chi connectivity index (χ0n) is 15.0. The van der Waals surface area contributed by atoms with Crippen LogP contribution >= 0.6 is 12.4 Å². The molecule has 0 radical (unpaired) electrons. The number of nitrogens with one attached hydrogen (secondary N) is 2. The van der Waals surface area contributed by atoms with E-state index < -0.39 is 16.8 Å². The highest BCUT2D eigenvalue weighted by molar-refractivity contribution is 6.01. The molecule has 26 heavy (non-hydrogen) atoms. The average Bonchev–Trinajstić information content (AvgIpc) is 3.06. The number of aromatic nitrogens is 2. The molecule has 0 unspecified atom stereocenters. The molecule has 0 fully saturated rings. The first kappa shape index (κ1) is 19.7. The largest absolute Gasteiger partial charge is 0.369 e. The highest BCUT2D eigenvalue weighted by atomic mass is 35.5. The van der Waals surface area contributed by atoms with Crippen LogP contribution in [-0.2, 0) is 10.3 Å². The first-order valence-corrected chi connectivity index (χ1v) is 7.87. The number of nitrogens with zero attached hydrogens (tertiary/aromatic N) is 3. The molecule has 1 aromatic heterocycles. The fraction of sp³-hybridized carbons (Fsp3) is 0.353. The topological polar surface area (TPSA) is 99.4 Å². The Morgan fingerprint density at radius 2 is 1.96 bits per heavy atom. The number of carbonyl (C=O) groups excluding carboxylic acids is 1. The predicted octanol–water partition coefficient (Wildman–Crippen LogP) is 2.74. The van der Waals surface area contributed by atoms with Crippen LogP contribution in [0.2, 0.25) is 0 Å². The third kappa shape index (κ3) is 2.90. The number of nitrogens with two attached hydrogens (primary N) is 1. The van der Waals surface area contributed by atoms with Crippen LogP contribution in [0.25, 0.3) is 0 Å². The number of amides is 1. The fourth-order valence-electron chi connectivity index (χ4n) is 3.03. The van der Waals surface area contributed by atoms with Crippen LogP contribution < -0.4 is 11.1 Å². The molecule has 140 valence electrons. The molecular weight excluding hydrogens is 359 g/mol. The maximum Gasteiger partial charge on any atom is 0.237 e. The van der Waals surface area contributed by atoms with Gasteiger partial charge in [0.2, 0.25) is 5.91 Å². The molecular formula is C17H22ClFN6O. The van der Waals surface area contributed by atoms with E-state index in [-0.39, 0.29) is 24.3 Å². The van der Waals surface area contributed by atoms with Gasteiger partial charge >= 0.3 is 0 Å². The Balaban J connectivity index is 0.00000243. The number of hydrogen-bond donors (Lipinski definition) is 3. The summed E-state index contributed by atoms with van der Waals surface area (Å²) in [6.07, 6.45) is 1.61. The number of benzene rings is 1. The summed E-state index contributed by atoms with van der Waals surface area (Å²) in [6, 6.07) is 6.36. The molecule has 0 saturated carbocycles. The summed E-state index contributed by atoms with van der Waals surface area (Å²) >= 11 is 0. The van der Waals surface area contributed by atoms with Crippen molar-refractivity contribution in [1.29, 1.82) is 0 Å². The van der Waals surface area contributed by atoms with Gasteiger partial charge in [-0.1, -0.05) is 0 Å². The molecule has 2 heterocycles. The average molecular weight is 381 g/mol. The smallest absolute Gasteiger partial charge is 0.237 e. The maximum absolute atomic E-state index is 14.7. The molecule has 1 atom stereocenters. The van der Waals surface area contributed by atoms with Crippen molar-refractivity contribution >= 4 is 35.8 Å². The van der Waals surface area contributed by atoms with Gasteiger partial charge in [-0.05, 0) is 39.0 Å². The van der Waals surface area contributed by atoms with Gasteiger partial charge in [-0.25, -0.2) is 9.38 Å². The van der Waals surface area contributed by atoms with Gasteiger partial charge in [0, 0.05) is 24.4 Å². The Hall–Kier alpha value is -2.61. The van der Waals surface area contributed by atoms with E-state index in [1.165, 1.54) is 11.0 Å². The van der Waals surface area contributed by atoms with Crippen LogP contribution in [0.4, 0.5) is 15.9 Å². The van der Waals surface area contributed by atoms with Gasteiger partial charge in [0.15, 0.2) is 5.96 Å². The van der Waals surface area contributed by atoms with Crippen molar-refractivity contribution in [3.63, 3.8) is 0 Å². The van der Waals surface area contributed by atoms with E-state index in [2.05, 4.69) is 20.5 Å². The lowest BCUT2D eigenvalue weighted by atomic mass is 9.67. The van der Waals surface area contributed by atoms with Gasteiger partial charge in [0.25, 0.3) is 0 Å². The van der Waals surface area contributed by atoms with Crippen molar-refractivity contribution < 1.29 is 9.18 Å². The van der Waals surface area contributed by atoms with Gasteiger partial charge in [-0.15, -0.1) is 12.4 Å². The van der Waals surface area contributed by atoms with Crippen molar-refractivity contribution in [2.45, 2.75) is 26.3 Å². The molecule has 3 rings (SSSR count). The van der Waals surface area contributed by atoms with Gasteiger partial charge in [-0.3, -0.25) is 14.8 Å². The summed E-state index contributed by atoms with van der Waals surface area (Å²) in [5.74, 6) is 0.0797. The molecule has 2 aromatic rings. The Kier molecular flexibility index (Phi) is 5.01. The van der Waals surface area contributed by atoms with E-state index in [0.29, 0.717) is 17.1 Å². The first-order valence-electron chi connectivity index (χ1n) is 7.87. The lowest BCUT2D eigenvalue weighted by Gasteiger charge is -2.46. The fourth-order valence-corrected chi connectivity index (χ4v) is 3.03. The first-order chi connectivity index (χ1) is 11.7. The van der Waals surface area contributed by atoms with Crippen molar-refractivity contribution in [3.8, 4) is 0 Å². The van der Waals surface area contributed by atoms with E-state index in [1.807, 2.05) is 0 Å². The van der Waals surface area contributed by atoms with Gasteiger partial charge in [0.1, 0.15) is 17.2 Å². The van der Waals surface area contributed by atoms with Crippen molar-refractivity contribution in [2.75, 3.05) is 12.4 Å². The second-order valence-electron chi connectivity index (χ2n) is 6.82. The quantitative estimate of drug-likeness (QED) is 0.762. The minimum absolute atomic E-state index is 0. The van der Waals surface area contributed by atoms with Crippen LogP contribution in [0.5, 0.6) is 0 Å². The zero-order chi connectivity index (χ0) is 18.4. The van der Waals surface area contributed by atoms with E-state index in [4.69, 9.17) is 5.73 Å². The molecule has 0 bridgehead atoms. The SMILES string of the molecule is CN1C(=O)C(C)(C)[C@@](C)(c2cc(Nc3ccn[nH]3)ccc2F)N=C1N.Cl. The summed E-state index contributed by atoms with van der Waals surface area (Å²) in [5, 5.41) is 9.75. The lowest BCUT2D eigenvalue weighted by Crippen LogP contribution is -2.58. The highest BCUT2D eigenvalue weighted by Gasteiger charge is 2.53. The molecule has 9 heteroatoms. The number of anilines is 2. The standard InChI is InChI=1S/C17H21FN6O.ClH/c1-16(2)14(25)24(4)15(19)22-17(16,3)11-9-10(5-6-12(11)18)21-13-7-8-20-23-13;/h5-9H,1-4H3,(H2,19,22)(H2,20,21,23);1H/t17-;/m1./s1. The number of guanidine groups is 1. The summed E-state index contributed by atoms with van der Waals surface area (Å²) in [5.41, 5.74) is 4.74. The van der Waals surface area contributed by atoms with Crippen LogP contribution in [0, 0.1) is 11.2 Å². The second-order valence-corrected chi connectivity index (χ2v) is 6.82. The molecule has 4 N–H and O–H groups in total. The van der Waals surface area contributed by atoms with E-state index in [1.54, 1.807) is 52.2 Å². The van der Waals surface area contributed by atoms with Crippen molar-refractivity contribution in [3.05, 3.63) is 41.8 Å². The van der Waals surface area contributed by atoms with Gasteiger partial charge < -0.3 is 11.1 Å². The third-order valence-electron chi connectivity index (χ3n) is 5.01. The number of hydrogen-bond acceptors (Lipinski definition) is 5. The number of halogens is 2. The normalized spacial score (nSPS) is 21.8. The van der Waals surface area contributed by atoms with Crippen LogP contribution in [0.1, 0.15) is 26.3 Å². The number of aromatic amines is 1. The van der Waals surface area contributed by atoms with E-state index in [9.17, 15) is 9.18 Å². The van der Waals surface area contributed by atoms with Crippen molar-refractivity contribution in [1.82, 2.24) is 15.1 Å². The number of rotatable bonds is 3. The van der Waals surface area contributed by atoms with Gasteiger partial charge in [-0.2, -0.15) is 5.10 Å². The summed E-state index contributed by atoms with van der Waals surface area (Å²) in [7, 11) is 1.56. The van der Waals surface area contributed by atoms with Gasteiger partial charge in [0.05, 0.1) is 11.6 Å². The summed E-state index contributed by atoms with van der Waals surface area (Å²) in [6.45, 7) is 5.22. The molecule has 1 aliphatic heterocycles. The monoisotopic (exact) mass is 380 g/mol. The van der Waals surface area contributed by atoms with Crippen LogP contribution in [-0.4, -0.2) is 34.0 Å². The zero-order valence-corrected chi connectivity index (χ0v) is 15.8. The molecule has 1 aliphatic rings. The predicted molar refractivity (Wildman–Crippen MR) is 101 cm³/mol. The molecule has 1 amide bonds. The van der Waals surface area contributed by atoms with E-state index >= 15 is 0 Å². The van der Waals surface area contributed by atoms with Crippen molar-refractivity contribution in [2.24, 2.45) is 16.1 Å². The Morgan fingerprint density at radius 3 is 2.58 bits per heavy atom. The molecule has 0 saturated heterocycles. The minimum atomic E-state index is -1.14. The number of carbonyl (C=O) groups is 1. The third-order valence-corrected chi connectivity index (χ3v) is 5.01. The highest BCUT2D eigenvalue weighted by Crippen LogP contribution is 2.47. The lowest BCUT2D eigenvalue weighted by molar-refractivity contribution is -0.140. The van der Waals surface area contributed by atoms with Crippen LogP contribution in [0.3, 0.4) is 0 Å². The minimum Gasteiger partial charge on any atom is -0.369 e. The molecule has 0 aliphatic carbocycles. The summed E-state index contributed by atoms with van der Waals surface area (Å²) < 4.78 is 14.7. The summed E-state index contributed by atoms with van der Waals surface area (Å²) in [4.78, 5) is 18.5. The Morgan fingerprint density at radius 1 is 1.27 bits per heavy atom. The maximum atomic E-state index is 14.7. The number of aliphatic imine (C=N–C) groups is 1. The van der Waals surface area contributed by atoms with E-state index in [0.717, 1.165) is 0 Å². The molecule has 1 aromatic carbocycles. The Labute approximate surface area is 157 Å². The second kappa shape index (κ2) is 6.60. The Bertz CT molecular complexity index is 851.